The average molecular weight is 1670 g/mol. The van der Waals surface area contributed by atoms with Crippen LogP contribution in [-0.2, 0) is 77.6 Å². The van der Waals surface area contributed by atoms with E-state index in [-0.39, 0.29) is 37.4 Å². The first-order chi connectivity index (χ1) is 52.0. The highest BCUT2D eigenvalue weighted by atomic mass is 35.6. The maximum atomic E-state index is 16.4. The molecule has 4 rings (SSSR count). The molecule has 1 aliphatic rings. The van der Waals surface area contributed by atoms with Gasteiger partial charge in [-0.3, -0.25) is 23.7 Å². The highest BCUT2D eigenvalue weighted by molar-refractivity contribution is 7.49. The summed E-state index contributed by atoms with van der Waals surface area (Å²) >= 11 is 37.1. The SMILES string of the molecule is CCCCCCCCCCC[C@H](CC(=O)N[C@@H](CO[C@@H]1O[C@H](COC(=O)OC(C)(C)C(Cl)(Cl)Cl)[C@@H](OP(=O)(Oc2ccccc2)Oc2ccccc2)[C@@](O)(C(=O)C[C@@H](CCCCCCCCCCC)OC(=O)CCCCCCC)[C@H]1NC(=O)OCC(Cl)(Cl)Cl)C(=O)OCc1ccccc1)OC(=O)CCCCCCC. The van der Waals surface area contributed by atoms with Gasteiger partial charge in [-0.05, 0) is 82.2 Å². The lowest BCUT2D eigenvalue weighted by Gasteiger charge is -2.50. The smallest absolute Gasteiger partial charge is 0.462 e. The van der Waals surface area contributed by atoms with E-state index in [2.05, 4.69) is 38.3 Å². The van der Waals surface area contributed by atoms with Gasteiger partial charge in [0.25, 0.3) is 0 Å². The lowest BCUT2D eigenvalue weighted by molar-refractivity contribution is -0.290. The number of rotatable bonds is 57. The van der Waals surface area contributed by atoms with Crippen LogP contribution in [0.1, 0.15) is 265 Å². The monoisotopic (exact) mass is 1670 g/mol. The van der Waals surface area contributed by atoms with E-state index in [4.69, 9.17) is 121 Å². The maximum absolute atomic E-state index is 16.4. The Balaban J connectivity index is 2.00. The van der Waals surface area contributed by atoms with Crippen LogP contribution < -0.4 is 19.7 Å². The van der Waals surface area contributed by atoms with Crippen molar-refractivity contribution in [3.63, 3.8) is 0 Å². The molecule has 0 aliphatic carbocycles. The number of halogens is 6. The predicted octanol–water partition coefficient (Wildman–Crippen LogP) is 20.8. The summed E-state index contributed by atoms with van der Waals surface area (Å²) in [6.07, 6.45) is 12.4. The fraction of sp³-hybridized carbons (Fsp3) is 0.688. The fourth-order valence-corrected chi connectivity index (χ4v) is 13.9. The number of unbranched alkanes of at least 4 members (excludes halogenated alkanes) is 24. The molecule has 1 fully saturated rings. The van der Waals surface area contributed by atoms with E-state index in [9.17, 15) is 33.9 Å². The Bertz CT molecular complexity index is 3070. The van der Waals surface area contributed by atoms with Crippen molar-refractivity contribution in [2.75, 3.05) is 19.8 Å². The quantitative estimate of drug-likeness (QED) is 0.0156. The van der Waals surface area contributed by atoms with Crippen molar-refractivity contribution in [3.05, 3.63) is 96.6 Å². The molecule has 8 atom stereocenters. The van der Waals surface area contributed by atoms with Gasteiger partial charge in [-0.15, -0.1) is 0 Å². The highest BCUT2D eigenvalue weighted by Gasteiger charge is 2.65. The van der Waals surface area contributed by atoms with E-state index in [1.165, 1.54) is 75.2 Å². The number of alkyl halides is 6. The molecule has 2 amide bonds. The third-order valence-electron chi connectivity index (χ3n) is 18.4. The van der Waals surface area contributed by atoms with E-state index in [0.29, 0.717) is 50.5 Å². The second-order valence-corrected chi connectivity index (χ2v) is 34.6. The van der Waals surface area contributed by atoms with E-state index in [1.807, 2.05) is 0 Å². The summed E-state index contributed by atoms with van der Waals surface area (Å²) in [5, 5.41) is 19.4. The van der Waals surface area contributed by atoms with Gasteiger partial charge < -0.3 is 62.7 Å². The zero-order valence-corrected chi connectivity index (χ0v) is 69.9. The number of para-hydroxylation sites is 2. The van der Waals surface area contributed by atoms with Gasteiger partial charge in [0.1, 0.15) is 61.8 Å². The van der Waals surface area contributed by atoms with E-state index in [0.717, 1.165) is 128 Å². The molecule has 1 heterocycles. The van der Waals surface area contributed by atoms with Crippen LogP contribution in [-0.4, -0.2) is 128 Å². The summed E-state index contributed by atoms with van der Waals surface area (Å²) in [5.41, 5.74) is -4.87. The van der Waals surface area contributed by atoms with Crippen LogP contribution in [0.4, 0.5) is 9.59 Å². The molecule has 0 radical (unpaired) electrons. The second-order valence-electron chi connectivity index (χ2n) is 28.3. The Morgan fingerprint density at radius 3 is 1.44 bits per heavy atom. The number of amides is 2. The van der Waals surface area contributed by atoms with Gasteiger partial charge in [0, 0.05) is 19.3 Å². The van der Waals surface area contributed by atoms with Crippen LogP contribution in [0.15, 0.2) is 91.0 Å². The van der Waals surface area contributed by atoms with Crippen LogP contribution >= 0.6 is 77.4 Å². The first-order valence-electron chi connectivity index (χ1n) is 39.2. The van der Waals surface area contributed by atoms with Crippen molar-refractivity contribution in [1.82, 2.24) is 10.6 Å². The summed E-state index contributed by atoms with van der Waals surface area (Å²) in [6, 6.07) is 19.3. The predicted molar refractivity (Wildman–Crippen MR) is 424 cm³/mol. The Morgan fingerprint density at radius 2 is 0.991 bits per heavy atom. The van der Waals surface area contributed by atoms with Crippen LogP contribution in [0.2, 0.25) is 0 Å². The summed E-state index contributed by atoms with van der Waals surface area (Å²) in [6.45, 7) is 7.56. The van der Waals surface area contributed by atoms with Gasteiger partial charge in [-0.25, -0.2) is 18.9 Å². The first kappa shape index (κ1) is 96.5. The first-order valence-corrected chi connectivity index (χ1v) is 42.9. The van der Waals surface area contributed by atoms with Crippen molar-refractivity contribution in [3.8, 4) is 11.5 Å². The molecule has 616 valence electrons. The molecule has 1 aliphatic heterocycles. The molecule has 0 bridgehead atoms. The van der Waals surface area contributed by atoms with Gasteiger partial charge >= 0.3 is 38.0 Å². The molecule has 0 saturated carbocycles. The van der Waals surface area contributed by atoms with Crippen LogP contribution in [0.3, 0.4) is 0 Å². The molecule has 3 aromatic carbocycles. The zero-order valence-electron chi connectivity index (χ0n) is 64.5. The lowest BCUT2D eigenvalue weighted by Crippen LogP contribution is -2.76. The Hall–Kier alpha value is -4.84. The Morgan fingerprint density at radius 1 is 0.560 bits per heavy atom. The number of ketones is 1. The number of esters is 3. The minimum atomic E-state index is -5.44. The number of ether oxygens (including phenoxy) is 8. The van der Waals surface area contributed by atoms with E-state index < -0.39 is 144 Å². The third-order valence-corrected chi connectivity index (χ3v) is 21.4. The molecule has 22 nitrogen and oxygen atoms in total. The number of carbonyl (C=O) groups is 7. The number of phosphoric ester groups is 1. The number of phosphoric acid groups is 1. The van der Waals surface area contributed by atoms with E-state index in [1.54, 1.807) is 42.5 Å². The van der Waals surface area contributed by atoms with Gasteiger partial charge in [0.15, 0.2) is 29.3 Å². The van der Waals surface area contributed by atoms with Gasteiger partial charge in [-0.1, -0.05) is 318 Å². The molecule has 109 heavy (non-hydrogen) atoms. The number of carbonyl (C=O) groups excluding carboxylic acids is 7. The second kappa shape index (κ2) is 53.3. The number of alkyl carbamates (subject to hydrolysis) is 1. The maximum Gasteiger partial charge on any atom is 0.588 e. The molecule has 0 unspecified atom stereocenters. The van der Waals surface area contributed by atoms with Crippen molar-refractivity contribution < 1.29 is 94.7 Å². The number of hydrogen-bond acceptors (Lipinski definition) is 20. The number of nitrogens with one attached hydrogen (secondary N) is 2. The average Bonchev–Trinajstić information content (AvgIpc) is 0.733. The number of aliphatic hydroxyl groups is 1. The van der Waals surface area contributed by atoms with Crippen molar-refractivity contribution in [2.24, 2.45) is 0 Å². The van der Waals surface area contributed by atoms with Gasteiger partial charge in [0.2, 0.25) is 13.5 Å². The normalized spacial score (nSPS) is 17.6. The summed E-state index contributed by atoms with van der Waals surface area (Å²) < 4.78 is 77.9. The Labute approximate surface area is 676 Å². The van der Waals surface area contributed by atoms with Crippen LogP contribution in [0, 0.1) is 0 Å². The Kier molecular flexibility index (Phi) is 47.2. The van der Waals surface area contributed by atoms with Crippen molar-refractivity contribution >= 4 is 119 Å². The topological polar surface area (TPSA) is 282 Å². The minimum absolute atomic E-state index is 0.0254. The summed E-state index contributed by atoms with van der Waals surface area (Å²) in [7, 11) is -5.44. The van der Waals surface area contributed by atoms with Crippen molar-refractivity contribution in [2.45, 2.75) is 328 Å². The van der Waals surface area contributed by atoms with Gasteiger partial charge in [-0.2, -0.15) is 0 Å². The minimum Gasteiger partial charge on any atom is -0.462 e. The van der Waals surface area contributed by atoms with Crippen LogP contribution in [0.5, 0.6) is 11.5 Å². The third kappa shape index (κ3) is 39.7. The highest BCUT2D eigenvalue weighted by Crippen LogP contribution is 2.54. The van der Waals surface area contributed by atoms with Crippen LogP contribution in [0.25, 0.3) is 0 Å². The molecule has 1 saturated heterocycles. The molecule has 0 aromatic heterocycles. The molecule has 0 spiro atoms. The number of Topliss-reactive ketones (excluding diaryl/α,β-unsaturated/α-hetero) is 1. The van der Waals surface area contributed by atoms with Crippen molar-refractivity contribution in [1.29, 1.82) is 0 Å². The zero-order chi connectivity index (χ0) is 80.0. The molecule has 3 N–H and O–H groups in total. The standard InChI is InChI=1S/C80H119Cl6N2O20P/c1-7-11-15-19-21-23-25-29-36-50-63(102-69(91)52-42-27-17-13-9-3)54-67(89)79(96)71(88-75(94)101-59-78(81,82)83)74(104-66(58-100-76(95)105-77(5,6)80(84,85)86)72(79)108-109(97,106-61-46-38-32-39-47-61)107-62-48-40-33-41-49-62)99-57-65(73(93)98-56-60-44-34-31-35-45-60)87-68(90)55-64(103-70(92)53-43-28-18-14-10-4)51-37-30-26-24-22-20-16-12-8-2/h31-35,38-41,44-49,63-66,71-72,74,96H,7-30,36-37,42-43,50-59H2,1-6H3,(H,87,90)(H,88,94)/t63-,64-,65+,66-,71+,72-,74-,79-/m1/s1. The molecular weight excluding hydrogens is 1550 g/mol. The number of hydrogen-bond donors (Lipinski definition) is 3. The number of benzene rings is 3. The molecule has 3 aromatic rings. The molecular formula is C80H119Cl6N2O20P. The molecule has 29 heteroatoms. The lowest BCUT2D eigenvalue weighted by atomic mass is 9.77. The van der Waals surface area contributed by atoms with Gasteiger partial charge in [0.05, 0.1) is 13.0 Å². The summed E-state index contributed by atoms with van der Waals surface area (Å²) in [4.78, 5) is 102. The largest absolute Gasteiger partial charge is 0.588 e. The van der Waals surface area contributed by atoms with E-state index >= 15 is 9.36 Å². The fourth-order valence-electron chi connectivity index (χ4n) is 12.1. The summed E-state index contributed by atoms with van der Waals surface area (Å²) in [5.74, 6) is -4.60.